The standard InChI is InChI=1S/C36H41N3O8S/c1-35(2,3)31-20-23(26-15-13-24(37)21-29(26)46-31)10-9-11-30-36(4,5)27-22-25(48(43,44)45)14-16-28(27)38(30)19-8-6-7-12-34(42)47-39-32(40)17-18-33(39)41/h9-11,13-16,20-22,37H,6-8,12,17-19H2,1-5H3,(H,43,44,45)/b10-9+,30-11+,37-24?. The van der Waals surface area contributed by atoms with E-state index in [9.17, 15) is 27.4 Å². The second-order valence-electron chi connectivity index (χ2n) is 13.7. The highest BCUT2D eigenvalue weighted by Gasteiger charge is 2.40. The summed E-state index contributed by atoms with van der Waals surface area (Å²) in [5, 5.41) is 8.99. The zero-order valence-electron chi connectivity index (χ0n) is 27.8. The largest absolute Gasteiger partial charge is 0.460 e. The molecule has 254 valence electrons. The third-order valence-electron chi connectivity index (χ3n) is 8.69. The number of benzene rings is 2. The molecular formula is C36H41N3O8S. The average molecular weight is 676 g/mol. The van der Waals surface area contributed by atoms with Gasteiger partial charge >= 0.3 is 5.97 Å². The maximum Gasteiger partial charge on any atom is 0.333 e. The van der Waals surface area contributed by atoms with E-state index in [0.29, 0.717) is 42.0 Å². The molecule has 11 nitrogen and oxygen atoms in total. The van der Waals surface area contributed by atoms with Crippen LogP contribution in [0, 0.1) is 5.41 Å². The molecule has 1 aromatic carbocycles. The summed E-state index contributed by atoms with van der Waals surface area (Å²) in [4.78, 5) is 42.6. The second kappa shape index (κ2) is 13.2. The Morgan fingerprint density at radius 1 is 1.04 bits per heavy atom. The maximum atomic E-state index is 12.3. The summed E-state index contributed by atoms with van der Waals surface area (Å²) >= 11 is 0. The van der Waals surface area contributed by atoms with E-state index in [1.54, 1.807) is 18.2 Å². The number of carbonyl (C=O) groups excluding carboxylic acids is 3. The van der Waals surface area contributed by atoms with Gasteiger partial charge in [-0.05, 0) is 66.4 Å². The van der Waals surface area contributed by atoms with Crippen LogP contribution in [-0.4, -0.2) is 42.4 Å². The molecule has 48 heavy (non-hydrogen) atoms. The number of imide groups is 1. The summed E-state index contributed by atoms with van der Waals surface area (Å²) in [6.07, 6.45) is 7.90. The Balaban J connectivity index is 1.39. The number of hydroxylamine groups is 2. The molecule has 0 unspecified atom stereocenters. The molecule has 0 spiro atoms. The van der Waals surface area contributed by atoms with Crippen molar-refractivity contribution in [2.75, 3.05) is 11.4 Å². The molecule has 4 aliphatic rings. The van der Waals surface area contributed by atoms with Crippen LogP contribution in [0.3, 0.4) is 0 Å². The van der Waals surface area contributed by atoms with Gasteiger partial charge in [-0.15, -0.1) is 5.06 Å². The predicted molar refractivity (Wildman–Crippen MR) is 179 cm³/mol. The Hall–Kier alpha value is -4.55. The van der Waals surface area contributed by atoms with Crippen molar-refractivity contribution < 1.29 is 36.6 Å². The number of carbonyl (C=O) groups is 3. The quantitative estimate of drug-likeness (QED) is 0.144. The van der Waals surface area contributed by atoms with Gasteiger partial charge in [-0.1, -0.05) is 53.2 Å². The SMILES string of the molecule is CC(C)(C)c1cc(/C=C/C=C2/N(CCCCCC(=O)ON3C(=O)CCC3=O)c3ccc(S(=O)(=O)O)cc3C2(C)C)c2ccc(=N)cc-2o1. The summed E-state index contributed by atoms with van der Waals surface area (Å²) in [7, 11) is -4.41. The van der Waals surface area contributed by atoms with Gasteiger partial charge in [-0.3, -0.25) is 14.1 Å². The number of unbranched alkanes of at least 4 members (excludes halogenated alkanes) is 2. The number of anilines is 1. The van der Waals surface area contributed by atoms with Crippen LogP contribution in [0.2, 0.25) is 0 Å². The number of rotatable bonds is 10. The first-order chi connectivity index (χ1) is 22.5. The van der Waals surface area contributed by atoms with E-state index in [1.165, 1.54) is 12.1 Å². The van der Waals surface area contributed by atoms with Crippen LogP contribution in [0.15, 0.2) is 69.6 Å². The number of amides is 2. The summed E-state index contributed by atoms with van der Waals surface area (Å²) in [6, 6.07) is 11.9. The van der Waals surface area contributed by atoms with Gasteiger partial charge in [0.25, 0.3) is 21.9 Å². The molecule has 0 saturated carbocycles. The topological polar surface area (TPSA) is 158 Å². The molecule has 1 saturated heterocycles. The van der Waals surface area contributed by atoms with Crippen molar-refractivity contribution in [2.45, 2.75) is 88.9 Å². The molecule has 2 amide bonds. The van der Waals surface area contributed by atoms with Crippen molar-refractivity contribution in [3.05, 3.63) is 82.6 Å². The van der Waals surface area contributed by atoms with Gasteiger partial charge in [-0.2, -0.15) is 8.42 Å². The van der Waals surface area contributed by atoms with Crippen LogP contribution in [0.5, 0.6) is 0 Å². The van der Waals surface area contributed by atoms with Gasteiger partial charge < -0.3 is 19.6 Å². The lowest BCUT2D eigenvalue weighted by molar-refractivity contribution is -0.197. The number of allylic oxidation sites excluding steroid dienone is 3. The van der Waals surface area contributed by atoms with Gasteiger partial charge in [0.05, 0.1) is 10.3 Å². The fourth-order valence-corrected chi connectivity index (χ4v) is 6.55. The molecule has 12 heteroatoms. The van der Waals surface area contributed by atoms with E-state index in [2.05, 4.69) is 25.7 Å². The zero-order chi connectivity index (χ0) is 35.0. The number of hydrogen-bond donors (Lipinski definition) is 2. The minimum atomic E-state index is -4.41. The lowest BCUT2D eigenvalue weighted by atomic mass is 9.83. The van der Waals surface area contributed by atoms with Crippen molar-refractivity contribution in [1.29, 1.82) is 5.41 Å². The van der Waals surface area contributed by atoms with Crippen molar-refractivity contribution >= 4 is 39.7 Å². The van der Waals surface area contributed by atoms with Crippen LogP contribution in [0.4, 0.5) is 5.69 Å². The van der Waals surface area contributed by atoms with Gasteiger partial charge in [0.15, 0.2) is 0 Å². The molecular weight excluding hydrogens is 634 g/mol. The fourth-order valence-electron chi connectivity index (χ4n) is 6.04. The fraction of sp³-hybridized carbons (Fsp3) is 0.389. The summed E-state index contributed by atoms with van der Waals surface area (Å²) < 4.78 is 40.0. The first kappa shape index (κ1) is 34.8. The Morgan fingerprint density at radius 2 is 1.75 bits per heavy atom. The van der Waals surface area contributed by atoms with Gasteiger partial charge in [0, 0.05) is 59.7 Å². The normalized spacial score (nSPS) is 17.2. The molecule has 5 rings (SSSR count). The van der Waals surface area contributed by atoms with Crippen LogP contribution in [0.25, 0.3) is 17.4 Å². The van der Waals surface area contributed by atoms with E-state index in [0.717, 1.165) is 33.8 Å². The minimum absolute atomic E-state index is 0.0408. The number of hydrogen-bond acceptors (Lipinski definition) is 9. The predicted octanol–water partition coefficient (Wildman–Crippen LogP) is 6.27. The Bertz CT molecular complexity index is 1950. The molecule has 3 heterocycles. The first-order valence-corrected chi connectivity index (χ1v) is 17.4. The smallest absolute Gasteiger partial charge is 0.333 e. The highest BCUT2D eigenvalue weighted by molar-refractivity contribution is 7.85. The molecule has 0 bridgehead atoms. The molecule has 0 atom stereocenters. The molecule has 0 aromatic heterocycles. The Kier molecular flexibility index (Phi) is 9.53. The third kappa shape index (κ3) is 7.29. The Labute approximate surface area is 280 Å². The molecule has 1 aromatic rings. The van der Waals surface area contributed by atoms with E-state index in [1.807, 2.05) is 44.2 Å². The number of nitrogens with one attached hydrogen (secondary N) is 1. The monoisotopic (exact) mass is 675 g/mol. The second-order valence-corrected chi connectivity index (χ2v) is 15.1. The lowest BCUT2D eigenvalue weighted by Crippen LogP contribution is -2.32. The zero-order valence-corrected chi connectivity index (χ0v) is 28.6. The third-order valence-corrected chi connectivity index (χ3v) is 9.54. The highest BCUT2D eigenvalue weighted by atomic mass is 32.2. The Morgan fingerprint density at radius 3 is 2.42 bits per heavy atom. The van der Waals surface area contributed by atoms with E-state index in [4.69, 9.17) is 14.7 Å². The van der Waals surface area contributed by atoms with Crippen molar-refractivity contribution in [3.8, 4) is 11.3 Å². The summed E-state index contributed by atoms with van der Waals surface area (Å²) in [5.41, 5.74) is 3.40. The van der Waals surface area contributed by atoms with E-state index >= 15 is 0 Å². The molecule has 2 N–H and O–H groups in total. The molecule has 0 radical (unpaired) electrons. The van der Waals surface area contributed by atoms with Crippen LogP contribution < -0.4 is 10.3 Å². The molecule has 1 fully saturated rings. The van der Waals surface area contributed by atoms with Crippen molar-refractivity contribution in [2.24, 2.45) is 0 Å². The maximum absolute atomic E-state index is 12.3. The van der Waals surface area contributed by atoms with E-state index < -0.39 is 33.3 Å². The van der Waals surface area contributed by atoms with Gasteiger partial charge in [-0.25, -0.2) is 4.79 Å². The van der Waals surface area contributed by atoms with E-state index in [-0.39, 0.29) is 29.6 Å². The first-order valence-electron chi connectivity index (χ1n) is 15.9. The van der Waals surface area contributed by atoms with Crippen LogP contribution in [-0.2, 0) is 40.2 Å². The summed E-state index contributed by atoms with van der Waals surface area (Å²) in [6.45, 7) is 10.8. The molecule has 3 aliphatic heterocycles. The summed E-state index contributed by atoms with van der Waals surface area (Å²) in [5.74, 6) is -0.256. The van der Waals surface area contributed by atoms with Crippen LogP contribution >= 0.6 is 0 Å². The van der Waals surface area contributed by atoms with Gasteiger partial charge in [0.1, 0.15) is 11.5 Å². The van der Waals surface area contributed by atoms with Crippen LogP contribution in [0.1, 0.15) is 90.0 Å². The lowest BCUT2D eigenvalue weighted by Gasteiger charge is -2.27. The van der Waals surface area contributed by atoms with Crippen molar-refractivity contribution in [1.82, 2.24) is 5.06 Å². The average Bonchev–Trinajstić information content (AvgIpc) is 3.42. The highest BCUT2D eigenvalue weighted by Crippen LogP contribution is 2.48. The van der Waals surface area contributed by atoms with Crippen molar-refractivity contribution in [3.63, 3.8) is 0 Å². The van der Waals surface area contributed by atoms with Gasteiger partial charge in [0.2, 0.25) is 0 Å². The molecule has 1 aliphatic carbocycles. The number of fused-ring (bicyclic) bond motifs is 2. The minimum Gasteiger partial charge on any atom is -0.460 e. The number of nitrogens with zero attached hydrogens (tertiary/aromatic N) is 2.